The molecule has 0 aliphatic heterocycles. The van der Waals surface area contributed by atoms with E-state index in [1.807, 2.05) is 49.0 Å². The van der Waals surface area contributed by atoms with Crippen molar-refractivity contribution in [3.8, 4) is 0 Å². The second-order valence-corrected chi connectivity index (χ2v) is 8.63. The Balaban J connectivity index is 1.87. The third-order valence-electron chi connectivity index (χ3n) is 4.66. The van der Waals surface area contributed by atoms with E-state index < -0.39 is 10.8 Å². The lowest BCUT2D eigenvalue weighted by molar-refractivity contribution is 0.636. The highest BCUT2D eigenvalue weighted by Crippen LogP contribution is 2.14. The van der Waals surface area contributed by atoms with Crippen LogP contribution in [-0.4, -0.2) is 44.8 Å². The van der Waals surface area contributed by atoms with Gasteiger partial charge in [0.2, 0.25) is 0 Å². The summed E-state index contributed by atoms with van der Waals surface area (Å²) in [7, 11) is 1.06. The summed E-state index contributed by atoms with van der Waals surface area (Å²) in [5.74, 6) is 1.91. The Morgan fingerprint density at radius 1 is 1.29 bits per heavy atom. The third kappa shape index (κ3) is 6.78. The van der Waals surface area contributed by atoms with Crippen LogP contribution < -0.4 is 10.6 Å². The average molecular weight is 404 g/mol. The lowest BCUT2D eigenvalue weighted by atomic mass is 10.1. The zero-order valence-corrected chi connectivity index (χ0v) is 18.5. The zero-order valence-electron chi connectivity index (χ0n) is 17.7. The lowest BCUT2D eigenvalue weighted by Crippen LogP contribution is -2.43. The fraction of sp³-hybridized carbons (Fsp3) is 0.524. The summed E-state index contributed by atoms with van der Waals surface area (Å²) in [5, 5.41) is 11.2. The van der Waals surface area contributed by atoms with Crippen LogP contribution in [0.5, 0.6) is 0 Å². The van der Waals surface area contributed by atoms with E-state index in [9.17, 15) is 4.21 Å². The largest absolute Gasteiger partial charge is 0.357 e. The van der Waals surface area contributed by atoms with Crippen LogP contribution in [0.2, 0.25) is 0 Å². The molecule has 154 valence electrons. The van der Waals surface area contributed by atoms with Crippen LogP contribution in [0.15, 0.2) is 35.3 Å². The summed E-state index contributed by atoms with van der Waals surface area (Å²) in [6.45, 7) is 9.67. The predicted molar refractivity (Wildman–Crippen MR) is 118 cm³/mol. The first-order valence-corrected chi connectivity index (χ1v) is 11.3. The van der Waals surface area contributed by atoms with Crippen LogP contribution >= 0.6 is 0 Å². The van der Waals surface area contributed by atoms with Crippen LogP contribution in [0.1, 0.15) is 36.4 Å². The third-order valence-corrected chi connectivity index (χ3v) is 5.95. The topological polar surface area (TPSA) is 71.3 Å². The quantitative estimate of drug-likeness (QED) is 0.498. The monoisotopic (exact) mass is 403 g/mol. The van der Waals surface area contributed by atoms with E-state index in [0.717, 1.165) is 30.2 Å². The first kappa shape index (κ1) is 22.1. The normalized spacial score (nSPS) is 14.0. The highest BCUT2D eigenvalue weighted by Gasteiger charge is 2.14. The van der Waals surface area contributed by atoms with Gasteiger partial charge in [-0.2, -0.15) is 5.10 Å². The summed E-state index contributed by atoms with van der Waals surface area (Å²) >= 11 is 0. The van der Waals surface area contributed by atoms with E-state index in [1.54, 1.807) is 0 Å². The van der Waals surface area contributed by atoms with E-state index in [-0.39, 0.29) is 6.04 Å². The molecule has 0 aliphatic carbocycles. The Morgan fingerprint density at radius 3 is 2.61 bits per heavy atom. The van der Waals surface area contributed by atoms with Crippen molar-refractivity contribution < 1.29 is 4.21 Å². The van der Waals surface area contributed by atoms with Gasteiger partial charge in [-0.1, -0.05) is 30.3 Å². The number of hydrogen-bond donors (Lipinski definition) is 2. The number of aliphatic imine (C=N–C) groups is 1. The molecule has 1 heterocycles. The molecule has 0 saturated carbocycles. The summed E-state index contributed by atoms with van der Waals surface area (Å²) in [6, 6.07) is 10.2. The SMILES string of the molecule is CCNC(=NCCS(=O)Cc1ccccc1)NC(C)Cc1c(C)nn(C)c1C. The van der Waals surface area contributed by atoms with Crippen molar-refractivity contribution in [2.24, 2.45) is 12.0 Å². The molecular formula is C21H33N5OS. The van der Waals surface area contributed by atoms with Gasteiger partial charge >= 0.3 is 0 Å². The molecule has 2 rings (SSSR count). The van der Waals surface area contributed by atoms with Gasteiger partial charge < -0.3 is 10.6 Å². The van der Waals surface area contributed by atoms with Gasteiger partial charge in [0.1, 0.15) is 0 Å². The van der Waals surface area contributed by atoms with Gasteiger partial charge in [0, 0.05) is 47.6 Å². The van der Waals surface area contributed by atoms with Crippen LogP contribution in [0.25, 0.3) is 0 Å². The summed E-state index contributed by atoms with van der Waals surface area (Å²) in [6.07, 6.45) is 0.885. The molecule has 1 aromatic heterocycles. The molecule has 7 heteroatoms. The molecule has 0 saturated heterocycles. The number of aromatic nitrogens is 2. The van der Waals surface area contributed by atoms with Gasteiger partial charge in [-0.15, -0.1) is 0 Å². The van der Waals surface area contributed by atoms with E-state index in [0.29, 0.717) is 18.1 Å². The standard InChI is InChI=1S/C21H33N5OS/c1-6-22-21(23-12-13-28(27)15-19-10-8-7-9-11-19)24-16(2)14-20-17(3)25-26(5)18(20)4/h7-11,16H,6,12-15H2,1-5H3,(H2,22,23,24). The van der Waals surface area contributed by atoms with Crippen molar-refractivity contribution in [1.29, 1.82) is 0 Å². The van der Waals surface area contributed by atoms with Crippen LogP contribution in [-0.2, 0) is 30.0 Å². The number of nitrogens with one attached hydrogen (secondary N) is 2. The van der Waals surface area contributed by atoms with Gasteiger partial charge in [0.15, 0.2) is 5.96 Å². The molecule has 6 nitrogen and oxygen atoms in total. The van der Waals surface area contributed by atoms with Crippen molar-refractivity contribution >= 4 is 16.8 Å². The summed E-state index contributed by atoms with van der Waals surface area (Å²) < 4.78 is 14.2. The Hall–Kier alpha value is -2.15. The number of nitrogens with zero attached hydrogens (tertiary/aromatic N) is 3. The summed E-state index contributed by atoms with van der Waals surface area (Å²) in [5.41, 5.74) is 4.66. The molecule has 28 heavy (non-hydrogen) atoms. The molecule has 2 atom stereocenters. The van der Waals surface area contributed by atoms with Crippen LogP contribution in [0.4, 0.5) is 0 Å². The average Bonchev–Trinajstić information content (AvgIpc) is 2.89. The van der Waals surface area contributed by atoms with E-state index >= 15 is 0 Å². The molecule has 1 aromatic carbocycles. The van der Waals surface area contributed by atoms with Crippen LogP contribution in [0.3, 0.4) is 0 Å². The number of aryl methyl sites for hydroxylation is 2. The number of rotatable bonds is 9. The predicted octanol–water partition coefficient (Wildman–Crippen LogP) is 2.47. The second-order valence-electron chi connectivity index (χ2n) is 7.06. The maximum absolute atomic E-state index is 12.3. The van der Waals surface area contributed by atoms with E-state index in [2.05, 4.69) is 41.5 Å². The maximum Gasteiger partial charge on any atom is 0.191 e. The fourth-order valence-corrected chi connectivity index (χ4v) is 4.12. The first-order valence-electron chi connectivity index (χ1n) is 9.83. The first-order chi connectivity index (χ1) is 13.4. The number of hydrogen-bond acceptors (Lipinski definition) is 3. The van der Waals surface area contributed by atoms with E-state index in [4.69, 9.17) is 0 Å². The highest BCUT2D eigenvalue weighted by molar-refractivity contribution is 7.84. The van der Waals surface area contributed by atoms with Crippen molar-refractivity contribution in [2.45, 2.75) is 45.9 Å². The van der Waals surface area contributed by atoms with Crippen molar-refractivity contribution in [3.63, 3.8) is 0 Å². The molecule has 0 amide bonds. The van der Waals surface area contributed by atoms with Gasteiger partial charge in [-0.05, 0) is 45.2 Å². The Kier molecular flexibility index (Phi) is 8.70. The van der Waals surface area contributed by atoms with Gasteiger partial charge in [-0.3, -0.25) is 13.9 Å². The number of guanidine groups is 1. The van der Waals surface area contributed by atoms with Crippen molar-refractivity contribution in [1.82, 2.24) is 20.4 Å². The minimum absolute atomic E-state index is 0.217. The van der Waals surface area contributed by atoms with E-state index in [1.165, 1.54) is 11.3 Å². The molecule has 2 aromatic rings. The minimum atomic E-state index is -0.913. The Labute approximate surface area is 171 Å². The van der Waals surface area contributed by atoms with Gasteiger partial charge in [-0.25, -0.2) is 0 Å². The second kappa shape index (κ2) is 11.0. The van der Waals surface area contributed by atoms with Crippen molar-refractivity contribution in [2.75, 3.05) is 18.8 Å². The molecule has 0 aliphatic rings. The van der Waals surface area contributed by atoms with Gasteiger partial charge in [0.25, 0.3) is 0 Å². The smallest absolute Gasteiger partial charge is 0.191 e. The Bertz CT molecular complexity index is 801. The molecule has 0 fully saturated rings. The Morgan fingerprint density at radius 2 is 2.00 bits per heavy atom. The minimum Gasteiger partial charge on any atom is -0.357 e. The lowest BCUT2D eigenvalue weighted by Gasteiger charge is -2.18. The number of benzene rings is 1. The highest BCUT2D eigenvalue weighted by atomic mass is 32.2. The molecule has 0 radical (unpaired) electrons. The fourth-order valence-electron chi connectivity index (χ4n) is 3.12. The molecule has 0 bridgehead atoms. The molecule has 2 unspecified atom stereocenters. The molecule has 0 spiro atoms. The molecular weight excluding hydrogens is 370 g/mol. The van der Waals surface area contributed by atoms with Crippen LogP contribution in [0, 0.1) is 13.8 Å². The molecule has 2 N–H and O–H groups in total. The zero-order chi connectivity index (χ0) is 20.5. The maximum atomic E-state index is 12.3. The van der Waals surface area contributed by atoms with Gasteiger partial charge in [0.05, 0.1) is 12.2 Å². The summed E-state index contributed by atoms with van der Waals surface area (Å²) in [4.78, 5) is 4.61. The van der Waals surface area contributed by atoms with Crippen molar-refractivity contribution in [3.05, 3.63) is 52.8 Å².